The van der Waals surface area contributed by atoms with Gasteiger partial charge >= 0.3 is 5.97 Å². The van der Waals surface area contributed by atoms with Crippen LogP contribution in [0.15, 0.2) is 41.6 Å². The summed E-state index contributed by atoms with van der Waals surface area (Å²) in [5.74, 6) is -2.29. The summed E-state index contributed by atoms with van der Waals surface area (Å²) in [6.45, 7) is 0. The summed E-state index contributed by atoms with van der Waals surface area (Å²) in [5.41, 5.74) is -0.347. The average Bonchev–Trinajstić information content (AvgIpc) is 2.41. The van der Waals surface area contributed by atoms with Crippen LogP contribution in [0.3, 0.4) is 0 Å². The standard InChI is InChI=1S/C12H8ClFN2O4S/c13-8-4-3-7(12(17)18)6-10(8)16-21(19,20)11-9(14)2-1-5-15-11/h1-6,16H,(H,17,18). The molecule has 0 saturated heterocycles. The normalized spacial score (nSPS) is 11.1. The van der Waals surface area contributed by atoms with Gasteiger partial charge in [0, 0.05) is 6.20 Å². The van der Waals surface area contributed by atoms with Crippen molar-refractivity contribution in [2.45, 2.75) is 5.03 Å². The van der Waals surface area contributed by atoms with E-state index in [1.54, 1.807) is 0 Å². The number of pyridine rings is 1. The fourth-order valence-corrected chi connectivity index (χ4v) is 2.80. The molecule has 0 radical (unpaired) electrons. The Bertz CT molecular complexity index is 811. The van der Waals surface area contributed by atoms with E-state index in [9.17, 15) is 17.6 Å². The van der Waals surface area contributed by atoms with Crippen LogP contribution in [0.2, 0.25) is 5.02 Å². The zero-order valence-corrected chi connectivity index (χ0v) is 11.8. The smallest absolute Gasteiger partial charge is 0.335 e. The lowest BCUT2D eigenvalue weighted by Gasteiger charge is -2.10. The number of rotatable bonds is 4. The molecular formula is C12H8ClFN2O4S. The third-order valence-electron chi connectivity index (χ3n) is 2.44. The summed E-state index contributed by atoms with van der Waals surface area (Å²) in [4.78, 5) is 14.3. The number of aromatic nitrogens is 1. The highest BCUT2D eigenvalue weighted by atomic mass is 35.5. The van der Waals surface area contributed by atoms with E-state index in [0.29, 0.717) is 0 Å². The molecule has 21 heavy (non-hydrogen) atoms. The molecular weight excluding hydrogens is 323 g/mol. The van der Waals surface area contributed by atoms with E-state index in [-0.39, 0.29) is 16.3 Å². The molecule has 0 unspecified atom stereocenters. The zero-order chi connectivity index (χ0) is 15.6. The Balaban J connectivity index is 2.44. The first-order chi connectivity index (χ1) is 9.81. The molecule has 0 bridgehead atoms. The van der Waals surface area contributed by atoms with Gasteiger partial charge < -0.3 is 5.11 Å². The van der Waals surface area contributed by atoms with Gasteiger partial charge in [-0.1, -0.05) is 11.6 Å². The summed E-state index contributed by atoms with van der Waals surface area (Å²) >= 11 is 5.80. The number of benzene rings is 1. The number of sulfonamides is 1. The minimum atomic E-state index is -4.32. The minimum Gasteiger partial charge on any atom is -0.478 e. The second-order valence-corrected chi connectivity index (χ2v) is 5.90. The Kier molecular flexibility index (Phi) is 4.10. The predicted octanol–water partition coefficient (Wildman–Crippen LogP) is 2.37. The third-order valence-corrected chi connectivity index (χ3v) is 4.06. The molecule has 110 valence electrons. The molecule has 2 aromatic rings. The van der Waals surface area contributed by atoms with Crippen LogP contribution in [-0.4, -0.2) is 24.5 Å². The van der Waals surface area contributed by atoms with Crippen molar-refractivity contribution in [3.63, 3.8) is 0 Å². The average molecular weight is 331 g/mol. The van der Waals surface area contributed by atoms with Crippen LogP contribution in [0, 0.1) is 5.82 Å². The molecule has 1 aromatic heterocycles. The van der Waals surface area contributed by atoms with Gasteiger partial charge in [-0.05, 0) is 30.3 Å². The van der Waals surface area contributed by atoms with Crippen LogP contribution in [0.4, 0.5) is 10.1 Å². The van der Waals surface area contributed by atoms with Gasteiger partial charge in [-0.2, -0.15) is 8.42 Å². The quantitative estimate of drug-likeness (QED) is 0.897. The molecule has 9 heteroatoms. The molecule has 0 aliphatic rings. The predicted molar refractivity (Wildman–Crippen MR) is 73.4 cm³/mol. The Hall–Kier alpha value is -2.19. The summed E-state index contributed by atoms with van der Waals surface area (Å²) in [6.07, 6.45) is 1.12. The number of nitrogens with zero attached hydrogens (tertiary/aromatic N) is 1. The molecule has 0 saturated carbocycles. The van der Waals surface area contributed by atoms with E-state index in [0.717, 1.165) is 18.3 Å². The maximum atomic E-state index is 13.5. The van der Waals surface area contributed by atoms with Crippen molar-refractivity contribution in [3.8, 4) is 0 Å². The molecule has 0 amide bonds. The monoisotopic (exact) mass is 330 g/mol. The molecule has 0 aliphatic heterocycles. The van der Waals surface area contributed by atoms with Crippen molar-refractivity contribution in [1.29, 1.82) is 0 Å². The number of anilines is 1. The number of carboxylic acids is 1. The Labute approximate surface area is 124 Å². The van der Waals surface area contributed by atoms with Crippen LogP contribution in [0.25, 0.3) is 0 Å². The van der Waals surface area contributed by atoms with Gasteiger partial charge in [-0.25, -0.2) is 14.2 Å². The SMILES string of the molecule is O=C(O)c1ccc(Cl)c(NS(=O)(=O)c2ncccc2F)c1. The number of hydrogen-bond donors (Lipinski definition) is 2. The van der Waals surface area contributed by atoms with Crippen LogP contribution in [-0.2, 0) is 10.0 Å². The topological polar surface area (TPSA) is 96.4 Å². The van der Waals surface area contributed by atoms with Crippen molar-refractivity contribution in [2.24, 2.45) is 0 Å². The van der Waals surface area contributed by atoms with E-state index < -0.39 is 26.8 Å². The Morgan fingerprint density at radius 2 is 2.05 bits per heavy atom. The molecule has 0 atom stereocenters. The van der Waals surface area contributed by atoms with Crippen LogP contribution >= 0.6 is 11.6 Å². The molecule has 0 aliphatic carbocycles. The summed E-state index contributed by atoms with van der Waals surface area (Å²) < 4.78 is 39.6. The van der Waals surface area contributed by atoms with Crippen LogP contribution < -0.4 is 4.72 Å². The highest BCUT2D eigenvalue weighted by Crippen LogP contribution is 2.26. The largest absolute Gasteiger partial charge is 0.478 e. The summed E-state index contributed by atoms with van der Waals surface area (Å²) in [6, 6.07) is 5.65. The number of aromatic carboxylic acids is 1. The van der Waals surface area contributed by atoms with Gasteiger partial charge in [-0.3, -0.25) is 4.72 Å². The number of carboxylic acid groups (broad SMARTS) is 1. The number of hydrogen-bond acceptors (Lipinski definition) is 4. The lowest BCUT2D eigenvalue weighted by Crippen LogP contribution is -2.16. The van der Waals surface area contributed by atoms with E-state index in [4.69, 9.17) is 16.7 Å². The van der Waals surface area contributed by atoms with Crippen LogP contribution in [0.5, 0.6) is 0 Å². The first-order valence-corrected chi connectivity index (χ1v) is 7.33. The van der Waals surface area contributed by atoms with Gasteiger partial charge in [0.05, 0.1) is 16.3 Å². The van der Waals surface area contributed by atoms with Gasteiger partial charge in [0.2, 0.25) is 5.03 Å². The molecule has 1 heterocycles. The van der Waals surface area contributed by atoms with E-state index in [1.165, 1.54) is 18.2 Å². The first-order valence-electron chi connectivity index (χ1n) is 5.47. The van der Waals surface area contributed by atoms with Gasteiger partial charge in [0.15, 0.2) is 5.82 Å². The van der Waals surface area contributed by atoms with Crippen molar-refractivity contribution in [2.75, 3.05) is 4.72 Å². The van der Waals surface area contributed by atoms with Crippen molar-refractivity contribution in [1.82, 2.24) is 4.98 Å². The first kappa shape index (κ1) is 15.2. The number of nitrogens with one attached hydrogen (secondary N) is 1. The van der Waals surface area contributed by atoms with E-state index >= 15 is 0 Å². The fourth-order valence-electron chi connectivity index (χ4n) is 1.50. The van der Waals surface area contributed by atoms with Crippen molar-refractivity contribution < 1.29 is 22.7 Å². The summed E-state index contributed by atoms with van der Waals surface area (Å²) in [5, 5.41) is 8.04. The second kappa shape index (κ2) is 5.66. The lowest BCUT2D eigenvalue weighted by atomic mass is 10.2. The highest BCUT2D eigenvalue weighted by Gasteiger charge is 2.22. The van der Waals surface area contributed by atoms with Crippen molar-refractivity contribution in [3.05, 3.63) is 52.9 Å². The Morgan fingerprint density at radius 3 is 2.67 bits per heavy atom. The van der Waals surface area contributed by atoms with Gasteiger partial charge in [-0.15, -0.1) is 0 Å². The van der Waals surface area contributed by atoms with Gasteiger partial charge in [0.1, 0.15) is 0 Å². The maximum absolute atomic E-state index is 13.5. The Morgan fingerprint density at radius 1 is 1.33 bits per heavy atom. The molecule has 0 spiro atoms. The van der Waals surface area contributed by atoms with E-state index in [2.05, 4.69) is 4.98 Å². The molecule has 0 fully saturated rings. The maximum Gasteiger partial charge on any atom is 0.335 e. The molecule has 1 aromatic carbocycles. The number of carbonyl (C=O) groups is 1. The summed E-state index contributed by atoms with van der Waals surface area (Å²) in [7, 11) is -4.32. The van der Waals surface area contributed by atoms with Gasteiger partial charge in [0.25, 0.3) is 10.0 Å². The fraction of sp³-hybridized carbons (Fsp3) is 0. The van der Waals surface area contributed by atoms with Crippen LogP contribution in [0.1, 0.15) is 10.4 Å². The minimum absolute atomic E-state index is 0.0279. The lowest BCUT2D eigenvalue weighted by molar-refractivity contribution is 0.0697. The third kappa shape index (κ3) is 3.29. The molecule has 2 rings (SSSR count). The second-order valence-electron chi connectivity index (χ2n) is 3.90. The molecule has 2 N–H and O–H groups in total. The number of halogens is 2. The van der Waals surface area contributed by atoms with E-state index in [1.807, 2.05) is 4.72 Å². The van der Waals surface area contributed by atoms with Crippen molar-refractivity contribution >= 4 is 33.3 Å². The zero-order valence-electron chi connectivity index (χ0n) is 10.2. The highest BCUT2D eigenvalue weighted by molar-refractivity contribution is 7.92. The molecule has 6 nitrogen and oxygen atoms in total.